The van der Waals surface area contributed by atoms with Crippen molar-refractivity contribution in [3.8, 4) is 0 Å². The lowest BCUT2D eigenvalue weighted by Gasteiger charge is -2.32. The van der Waals surface area contributed by atoms with Gasteiger partial charge in [-0.3, -0.25) is 4.79 Å². The topological polar surface area (TPSA) is 38.3 Å². The maximum absolute atomic E-state index is 12.0. The lowest BCUT2D eigenvalue weighted by atomic mass is 9.70. The third-order valence-electron chi connectivity index (χ3n) is 4.20. The molecule has 1 N–H and O–H groups in total. The fraction of sp³-hybridized carbons (Fsp3) is 0.533. The maximum Gasteiger partial charge on any atom is 0.310 e. The molecule has 0 radical (unpaired) electrons. The van der Waals surface area contributed by atoms with Gasteiger partial charge in [0.15, 0.2) is 0 Å². The number of rotatable bonds is 3. The maximum atomic E-state index is 12.0. The van der Waals surface area contributed by atoms with Crippen LogP contribution in [-0.4, -0.2) is 26.2 Å². The molecule has 0 saturated carbocycles. The fourth-order valence-corrected chi connectivity index (χ4v) is 2.97. The van der Waals surface area contributed by atoms with E-state index < -0.39 is 0 Å². The van der Waals surface area contributed by atoms with Crippen molar-refractivity contribution in [2.45, 2.75) is 25.7 Å². The second kappa shape index (κ2) is 5.11. The molecule has 1 fully saturated rings. The van der Waals surface area contributed by atoms with Gasteiger partial charge in [0.2, 0.25) is 0 Å². The van der Waals surface area contributed by atoms with Crippen molar-refractivity contribution in [2.75, 3.05) is 20.2 Å². The van der Waals surface area contributed by atoms with Crippen molar-refractivity contribution >= 4 is 5.97 Å². The Bertz CT molecular complexity index is 427. The number of ether oxygens (including phenoxy) is 1. The second-order valence-electron chi connectivity index (χ2n) is 5.08. The number of hydrogen-bond donors (Lipinski definition) is 1. The number of hydrogen-bond acceptors (Lipinski definition) is 3. The van der Waals surface area contributed by atoms with Crippen LogP contribution in [0.15, 0.2) is 24.3 Å². The smallest absolute Gasteiger partial charge is 0.310 e. The SMILES string of the molecule is CCC1(c2ccc(C)cc2)CNCC1C(=O)OC. The average Bonchev–Trinajstić information content (AvgIpc) is 2.83. The summed E-state index contributed by atoms with van der Waals surface area (Å²) in [6.07, 6.45) is 0.933. The van der Waals surface area contributed by atoms with Gasteiger partial charge in [0, 0.05) is 18.5 Å². The van der Waals surface area contributed by atoms with Gasteiger partial charge >= 0.3 is 5.97 Å². The Morgan fingerprint density at radius 3 is 2.67 bits per heavy atom. The minimum Gasteiger partial charge on any atom is -0.469 e. The lowest BCUT2D eigenvalue weighted by molar-refractivity contribution is -0.146. The van der Waals surface area contributed by atoms with Crippen LogP contribution in [0.3, 0.4) is 0 Å². The molecule has 3 heteroatoms. The number of carbonyl (C=O) groups is 1. The summed E-state index contributed by atoms with van der Waals surface area (Å²) >= 11 is 0. The van der Waals surface area contributed by atoms with Gasteiger partial charge in [-0.15, -0.1) is 0 Å². The summed E-state index contributed by atoms with van der Waals surface area (Å²) in [5.41, 5.74) is 2.35. The molecule has 1 aliphatic heterocycles. The summed E-state index contributed by atoms with van der Waals surface area (Å²) in [6, 6.07) is 8.50. The van der Waals surface area contributed by atoms with Gasteiger partial charge in [0.25, 0.3) is 0 Å². The molecule has 2 unspecified atom stereocenters. The quantitative estimate of drug-likeness (QED) is 0.831. The van der Waals surface area contributed by atoms with E-state index in [1.54, 1.807) is 0 Å². The summed E-state index contributed by atoms with van der Waals surface area (Å²) in [6.45, 7) is 5.76. The van der Waals surface area contributed by atoms with Crippen molar-refractivity contribution in [3.63, 3.8) is 0 Å². The highest BCUT2D eigenvalue weighted by molar-refractivity contribution is 5.75. The Balaban J connectivity index is 2.40. The van der Waals surface area contributed by atoms with Gasteiger partial charge in [-0.2, -0.15) is 0 Å². The molecule has 0 aromatic heterocycles. The summed E-state index contributed by atoms with van der Waals surface area (Å²) in [7, 11) is 1.47. The number of nitrogens with one attached hydrogen (secondary N) is 1. The Hall–Kier alpha value is -1.35. The standard InChI is InChI=1S/C15H21NO2/c1-4-15(12-7-5-11(2)6-8-12)10-16-9-13(15)14(17)18-3/h5-8,13,16H,4,9-10H2,1-3H3. The normalized spacial score (nSPS) is 27.2. The van der Waals surface area contributed by atoms with Crippen LogP contribution in [-0.2, 0) is 14.9 Å². The third kappa shape index (κ3) is 2.03. The Morgan fingerprint density at radius 2 is 2.11 bits per heavy atom. The first-order valence-corrected chi connectivity index (χ1v) is 6.49. The molecule has 2 atom stereocenters. The molecule has 0 amide bonds. The van der Waals surface area contributed by atoms with E-state index in [1.807, 2.05) is 0 Å². The zero-order chi connectivity index (χ0) is 13.2. The molecule has 0 bridgehead atoms. The lowest BCUT2D eigenvalue weighted by Crippen LogP contribution is -2.39. The summed E-state index contributed by atoms with van der Waals surface area (Å²) < 4.78 is 4.96. The molecule has 3 nitrogen and oxygen atoms in total. The Kier molecular flexibility index (Phi) is 3.71. The minimum atomic E-state index is -0.124. The van der Waals surface area contributed by atoms with E-state index >= 15 is 0 Å². The summed E-state index contributed by atoms with van der Waals surface area (Å²) in [5, 5.41) is 3.34. The van der Waals surface area contributed by atoms with Gasteiger partial charge < -0.3 is 10.1 Å². The molecular formula is C15H21NO2. The third-order valence-corrected chi connectivity index (χ3v) is 4.20. The van der Waals surface area contributed by atoms with Gasteiger partial charge in [0.1, 0.15) is 0 Å². The summed E-state index contributed by atoms with van der Waals surface area (Å²) in [4.78, 5) is 12.0. The minimum absolute atomic E-state index is 0.0878. The zero-order valence-corrected chi connectivity index (χ0v) is 11.3. The number of methoxy groups -OCH3 is 1. The predicted molar refractivity (Wildman–Crippen MR) is 71.5 cm³/mol. The van der Waals surface area contributed by atoms with Crippen molar-refractivity contribution in [2.24, 2.45) is 5.92 Å². The van der Waals surface area contributed by atoms with Crippen LogP contribution in [0.25, 0.3) is 0 Å². The molecule has 1 aromatic carbocycles. The molecule has 0 spiro atoms. The molecular weight excluding hydrogens is 226 g/mol. The van der Waals surface area contributed by atoms with Crippen LogP contribution < -0.4 is 5.32 Å². The molecule has 1 saturated heterocycles. The molecule has 98 valence electrons. The first-order chi connectivity index (χ1) is 8.64. The van der Waals surface area contributed by atoms with E-state index in [4.69, 9.17) is 4.74 Å². The van der Waals surface area contributed by atoms with E-state index in [9.17, 15) is 4.79 Å². The second-order valence-corrected chi connectivity index (χ2v) is 5.08. The highest BCUT2D eigenvalue weighted by Gasteiger charge is 2.47. The van der Waals surface area contributed by atoms with Crippen LogP contribution in [0.4, 0.5) is 0 Å². The van der Waals surface area contributed by atoms with Gasteiger partial charge in [-0.25, -0.2) is 0 Å². The Morgan fingerprint density at radius 1 is 1.44 bits per heavy atom. The molecule has 18 heavy (non-hydrogen) atoms. The van der Waals surface area contributed by atoms with Crippen molar-refractivity contribution in [1.29, 1.82) is 0 Å². The van der Waals surface area contributed by atoms with E-state index in [-0.39, 0.29) is 17.3 Å². The van der Waals surface area contributed by atoms with E-state index in [0.717, 1.165) is 13.0 Å². The van der Waals surface area contributed by atoms with E-state index in [0.29, 0.717) is 6.54 Å². The van der Waals surface area contributed by atoms with Crippen LogP contribution in [0.2, 0.25) is 0 Å². The van der Waals surface area contributed by atoms with Crippen LogP contribution in [0.1, 0.15) is 24.5 Å². The Labute approximate surface area is 109 Å². The molecule has 0 aliphatic carbocycles. The number of benzene rings is 1. The number of carbonyl (C=O) groups excluding carboxylic acids is 1. The largest absolute Gasteiger partial charge is 0.469 e. The molecule has 1 aliphatic rings. The van der Waals surface area contributed by atoms with Crippen LogP contribution >= 0.6 is 0 Å². The summed E-state index contributed by atoms with van der Waals surface area (Å²) in [5.74, 6) is -0.197. The van der Waals surface area contributed by atoms with E-state index in [2.05, 4.69) is 43.4 Å². The van der Waals surface area contributed by atoms with Crippen LogP contribution in [0, 0.1) is 12.8 Å². The van der Waals surface area contributed by atoms with Crippen LogP contribution in [0.5, 0.6) is 0 Å². The highest BCUT2D eigenvalue weighted by atomic mass is 16.5. The molecule has 1 heterocycles. The van der Waals surface area contributed by atoms with Gasteiger partial charge in [-0.1, -0.05) is 36.8 Å². The average molecular weight is 247 g/mol. The number of esters is 1. The van der Waals surface area contributed by atoms with Crippen molar-refractivity contribution in [1.82, 2.24) is 5.32 Å². The van der Waals surface area contributed by atoms with Gasteiger partial charge in [0.05, 0.1) is 13.0 Å². The first kappa shape index (κ1) is 13.1. The fourth-order valence-electron chi connectivity index (χ4n) is 2.97. The van der Waals surface area contributed by atoms with Crippen molar-refractivity contribution < 1.29 is 9.53 Å². The van der Waals surface area contributed by atoms with Crippen molar-refractivity contribution in [3.05, 3.63) is 35.4 Å². The number of aryl methyl sites for hydroxylation is 1. The highest BCUT2D eigenvalue weighted by Crippen LogP contribution is 2.39. The predicted octanol–water partition coefficient (Wildman–Crippen LogP) is 2.04. The zero-order valence-electron chi connectivity index (χ0n) is 11.3. The first-order valence-electron chi connectivity index (χ1n) is 6.49. The van der Waals surface area contributed by atoms with E-state index in [1.165, 1.54) is 18.2 Å². The monoisotopic (exact) mass is 247 g/mol. The molecule has 2 rings (SSSR count). The van der Waals surface area contributed by atoms with Gasteiger partial charge in [-0.05, 0) is 18.9 Å². The molecule has 1 aromatic rings.